The van der Waals surface area contributed by atoms with E-state index in [4.69, 9.17) is 18.9 Å². The van der Waals surface area contributed by atoms with E-state index in [0.717, 1.165) is 22.3 Å². The predicted molar refractivity (Wildman–Crippen MR) is 118 cm³/mol. The van der Waals surface area contributed by atoms with Gasteiger partial charge in [0.05, 0.1) is 38.6 Å². The van der Waals surface area contributed by atoms with Crippen LogP contribution in [0.5, 0.6) is 5.75 Å². The van der Waals surface area contributed by atoms with Crippen LogP contribution in [0.15, 0.2) is 48.0 Å². The van der Waals surface area contributed by atoms with E-state index in [1.54, 1.807) is 19.2 Å². The molecule has 0 aromatic heterocycles. The molecule has 0 spiro atoms. The van der Waals surface area contributed by atoms with Crippen LogP contribution in [-0.4, -0.2) is 57.8 Å². The SMILES string of the molecule is COCCOCCOCCOC(=O)C1=C(c2ccc(C)cc2)c2c(O)cccc2C1C. The van der Waals surface area contributed by atoms with Gasteiger partial charge in [0.15, 0.2) is 0 Å². The van der Waals surface area contributed by atoms with Crippen molar-refractivity contribution in [2.24, 2.45) is 0 Å². The highest BCUT2D eigenvalue weighted by Gasteiger charge is 2.35. The number of methoxy groups -OCH3 is 1. The molecule has 0 radical (unpaired) electrons. The van der Waals surface area contributed by atoms with Crippen LogP contribution in [0.3, 0.4) is 0 Å². The normalized spacial score (nSPS) is 15.3. The minimum Gasteiger partial charge on any atom is -0.507 e. The number of aromatic hydroxyl groups is 1. The third kappa shape index (κ3) is 5.53. The van der Waals surface area contributed by atoms with Gasteiger partial charge in [0.1, 0.15) is 12.4 Å². The zero-order valence-corrected chi connectivity index (χ0v) is 18.3. The maximum absolute atomic E-state index is 13.0. The van der Waals surface area contributed by atoms with Crippen molar-refractivity contribution >= 4 is 11.5 Å². The highest BCUT2D eigenvalue weighted by atomic mass is 16.6. The average molecular weight is 427 g/mol. The van der Waals surface area contributed by atoms with Crippen molar-refractivity contribution in [1.82, 2.24) is 0 Å². The van der Waals surface area contributed by atoms with Crippen LogP contribution in [0.1, 0.15) is 35.1 Å². The Hall–Kier alpha value is -2.67. The monoisotopic (exact) mass is 426 g/mol. The van der Waals surface area contributed by atoms with E-state index in [-0.39, 0.29) is 18.3 Å². The van der Waals surface area contributed by atoms with Gasteiger partial charge < -0.3 is 24.1 Å². The molecule has 1 unspecified atom stereocenters. The lowest BCUT2D eigenvalue weighted by molar-refractivity contribution is -0.140. The molecule has 2 aromatic carbocycles. The van der Waals surface area contributed by atoms with Crippen LogP contribution in [-0.2, 0) is 23.7 Å². The zero-order chi connectivity index (χ0) is 22.2. The highest BCUT2D eigenvalue weighted by molar-refractivity contribution is 6.07. The van der Waals surface area contributed by atoms with Gasteiger partial charge in [-0.1, -0.05) is 48.9 Å². The number of aryl methyl sites for hydroxylation is 1. The van der Waals surface area contributed by atoms with Crippen molar-refractivity contribution in [3.05, 3.63) is 70.3 Å². The third-order valence-electron chi connectivity index (χ3n) is 5.32. The molecule has 2 aromatic rings. The lowest BCUT2D eigenvalue weighted by Crippen LogP contribution is -2.16. The summed E-state index contributed by atoms with van der Waals surface area (Å²) in [6, 6.07) is 13.3. The maximum Gasteiger partial charge on any atom is 0.335 e. The maximum atomic E-state index is 13.0. The smallest absolute Gasteiger partial charge is 0.335 e. The Labute approximate surface area is 183 Å². The van der Waals surface area contributed by atoms with E-state index in [2.05, 4.69) is 0 Å². The second-order valence-electron chi connectivity index (χ2n) is 7.47. The number of phenolic OH excluding ortho intramolecular Hbond substituents is 1. The summed E-state index contributed by atoms with van der Waals surface area (Å²) in [5.74, 6) is -0.404. The van der Waals surface area contributed by atoms with Gasteiger partial charge in [-0.15, -0.1) is 0 Å². The first-order chi connectivity index (χ1) is 15.0. The second kappa shape index (κ2) is 11.1. The Morgan fingerprint density at radius 2 is 1.58 bits per heavy atom. The molecule has 0 amide bonds. The first-order valence-corrected chi connectivity index (χ1v) is 10.5. The van der Waals surface area contributed by atoms with E-state index in [1.165, 1.54) is 0 Å². The van der Waals surface area contributed by atoms with Crippen molar-refractivity contribution in [2.75, 3.05) is 46.8 Å². The minimum absolute atomic E-state index is 0.149. The van der Waals surface area contributed by atoms with Crippen molar-refractivity contribution < 1.29 is 28.8 Å². The molecule has 1 aliphatic rings. The fourth-order valence-corrected chi connectivity index (χ4v) is 3.73. The summed E-state index contributed by atoms with van der Waals surface area (Å²) in [6.07, 6.45) is 0. The zero-order valence-electron chi connectivity index (χ0n) is 18.3. The number of esters is 1. The van der Waals surface area contributed by atoms with Crippen LogP contribution < -0.4 is 0 Å². The van der Waals surface area contributed by atoms with Crippen LogP contribution in [0, 0.1) is 6.92 Å². The summed E-state index contributed by atoms with van der Waals surface area (Å²) < 4.78 is 21.2. The molecule has 1 atom stereocenters. The number of carbonyl (C=O) groups is 1. The van der Waals surface area contributed by atoms with Crippen LogP contribution >= 0.6 is 0 Å². The van der Waals surface area contributed by atoms with E-state index in [1.807, 2.05) is 44.2 Å². The number of ether oxygens (including phenoxy) is 4. The molecule has 0 saturated carbocycles. The number of carbonyl (C=O) groups excluding carboxylic acids is 1. The summed E-state index contributed by atoms with van der Waals surface area (Å²) in [5.41, 5.74) is 4.93. The van der Waals surface area contributed by atoms with Gasteiger partial charge in [0, 0.05) is 24.2 Å². The minimum atomic E-state index is -0.390. The van der Waals surface area contributed by atoms with Gasteiger partial charge in [0.25, 0.3) is 0 Å². The lowest BCUT2D eigenvalue weighted by atomic mass is 9.96. The topological polar surface area (TPSA) is 74.2 Å². The Kier molecular flexibility index (Phi) is 8.23. The molecule has 6 nitrogen and oxygen atoms in total. The fourth-order valence-electron chi connectivity index (χ4n) is 3.73. The summed E-state index contributed by atoms with van der Waals surface area (Å²) in [7, 11) is 1.62. The van der Waals surface area contributed by atoms with Crippen molar-refractivity contribution in [1.29, 1.82) is 0 Å². The second-order valence-corrected chi connectivity index (χ2v) is 7.47. The summed E-state index contributed by atoms with van der Waals surface area (Å²) in [4.78, 5) is 13.0. The van der Waals surface area contributed by atoms with Gasteiger partial charge in [-0.2, -0.15) is 0 Å². The molecule has 0 heterocycles. The summed E-state index contributed by atoms with van der Waals surface area (Å²) in [5, 5.41) is 10.6. The largest absolute Gasteiger partial charge is 0.507 e. The van der Waals surface area contributed by atoms with E-state index >= 15 is 0 Å². The number of benzene rings is 2. The van der Waals surface area contributed by atoms with Crippen LogP contribution in [0.25, 0.3) is 5.57 Å². The molecule has 0 fully saturated rings. The van der Waals surface area contributed by atoms with Gasteiger partial charge in [-0.3, -0.25) is 0 Å². The first-order valence-electron chi connectivity index (χ1n) is 10.5. The average Bonchev–Trinajstić information content (AvgIpc) is 3.07. The van der Waals surface area contributed by atoms with Gasteiger partial charge in [0.2, 0.25) is 0 Å². The number of rotatable bonds is 11. The van der Waals surface area contributed by atoms with Gasteiger partial charge in [-0.25, -0.2) is 4.79 Å². The molecule has 0 aliphatic heterocycles. The fraction of sp³-hybridized carbons (Fsp3) is 0.400. The van der Waals surface area contributed by atoms with Gasteiger partial charge in [-0.05, 0) is 24.1 Å². The molecule has 3 rings (SSSR count). The Balaban J connectivity index is 1.69. The van der Waals surface area contributed by atoms with Crippen molar-refractivity contribution in [3.8, 4) is 5.75 Å². The standard InChI is InChI=1S/C25H30O6/c1-17-7-9-19(10-8-17)23-22(18(2)20-5-4-6-21(26)24(20)23)25(27)31-16-15-30-14-13-29-12-11-28-3/h4-10,18,26H,11-16H2,1-3H3. The summed E-state index contributed by atoms with van der Waals surface area (Å²) in [6.45, 7) is 6.38. The Morgan fingerprint density at radius 1 is 0.935 bits per heavy atom. The molecular weight excluding hydrogens is 396 g/mol. The molecule has 0 bridgehead atoms. The molecule has 1 N–H and O–H groups in total. The highest BCUT2D eigenvalue weighted by Crippen LogP contribution is 2.48. The third-order valence-corrected chi connectivity index (χ3v) is 5.32. The van der Waals surface area contributed by atoms with Crippen LogP contribution in [0.2, 0.25) is 0 Å². The van der Waals surface area contributed by atoms with E-state index in [9.17, 15) is 9.90 Å². The first kappa shape index (κ1) is 23.0. The lowest BCUT2D eigenvalue weighted by Gasteiger charge is -2.13. The molecule has 166 valence electrons. The molecule has 0 saturated heterocycles. The molecule has 31 heavy (non-hydrogen) atoms. The summed E-state index contributed by atoms with van der Waals surface area (Å²) >= 11 is 0. The van der Waals surface area contributed by atoms with Gasteiger partial charge >= 0.3 is 5.97 Å². The van der Waals surface area contributed by atoms with Crippen molar-refractivity contribution in [2.45, 2.75) is 19.8 Å². The number of fused-ring (bicyclic) bond motifs is 1. The van der Waals surface area contributed by atoms with Crippen molar-refractivity contribution in [3.63, 3.8) is 0 Å². The number of hydrogen-bond donors (Lipinski definition) is 1. The number of phenols is 1. The van der Waals surface area contributed by atoms with E-state index in [0.29, 0.717) is 44.2 Å². The molecule has 6 heteroatoms. The number of hydrogen-bond acceptors (Lipinski definition) is 6. The Bertz CT molecular complexity index is 916. The molecular formula is C25H30O6. The Morgan fingerprint density at radius 3 is 2.26 bits per heavy atom. The van der Waals surface area contributed by atoms with Crippen LogP contribution in [0.4, 0.5) is 0 Å². The quantitative estimate of drug-likeness (QED) is 0.435. The molecule has 1 aliphatic carbocycles. The predicted octanol–water partition coefficient (Wildman–Crippen LogP) is 3.84. The van der Waals surface area contributed by atoms with E-state index < -0.39 is 5.97 Å².